The second-order valence-electron chi connectivity index (χ2n) is 4.60. The molecule has 0 radical (unpaired) electrons. The summed E-state index contributed by atoms with van der Waals surface area (Å²) in [6.45, 7) is 4.82. The van der Waals surface area contributed by atoms with Crippen LogP contribution in [0.15, 0.2) is 0 Å². The number of rotatable bonds is 2. The quantitative estimate of drug-likeness (QED) is 0.616. The Morgan fingerprint density at radius 2 is 2.18 bits per heavy atom. The first kappa shape index (κ1) is 9.57. The van der Waals surface area contributed by atoms with E-state index in [0.717, 1.165) is 5.92 Å². The van der Waals surface area contributed by atoms with Crippen LogP contribution in [-0.4, -0.2) is 5.33 Å². The smallest absolute Gasteiger partial charge is 0.00339 e. The molecule has 0 spiro atoms. The van der Waals surface area contributed by atoms with Crippen molar-refractivity contribution in [2.24, 2.45) is 11.3 Å². The standard InChI is InChI=1S/C10H19Br/c1-10(2)6-3-4-9(8-10)5-7-11/h9H,3-8H2,1-2H3/t9-/m1/s1. The van der Waals surface area contributed by atoms with E-state index in [0.29, 0.717) is 5.41 Å². The van der Waals surface area contributed by atoms with Gasteiger partial charge in [0.25, 0.3) is 0 Å². The van der Waals surface area contributed by atoms with E-state index in [1.807, 2.05) is 0 Å². The molecule has 1 aliphatic rings. The fourth-order valence-corrected chi connectivity index (χ4v) is 2.90. The molecule has 0 heterocycles. The van der Waals surface area contributed by atoms with Crippen LogP contribution in [0.2, 0.25) is 0 Å². The van der Waals surface area contributed by atoms with Crippen LogP contribution in [-0.2, 0) is 0 Å². The van der Waals surface area contributed by atoms with E-state index in [4.69, 9.17) is 0 Å². The monoisotopic (exact) mass is 218 g/mol. The normalized spacial score (nSPS) is 30.3. The first-order chi connectivity index (χ1) is 5.14. The molecule has 66 valence electrons. The van der Waals surface area contributed by atoms with Crippen LogP contribution in [0.1, 0.15) is 46.0 Å². The summed E-state index contributed by atoms with van der Waals surface area (Å²) in [5.41, 5.74) is 0.630. The van der Waals surface area contributed by atoms with Gasteiger partial charge >= 0.3 is 0 Å². The van der Waals surface area contributed by atoms with Crippen LogP contribution in [0.5, 0.6) is 0 Å². The van der Waals surface area contributed by atoms with Crippen molar-refractivity contribution in [3.8, 4) is 0 Å². The molecule has 1 heteroatoms. The van der Waals surface area contributed by atoms with E-state index in [1.54, 1.807) is 0 Å². The fourth-order valence-electron chi connectivity index (χ4n) is 2.26. The van der Waals surface area contributed by atoms with Gasteiger partial charge in [0.1, 0.15) is 0 Å². The van der Waals surface area contributed by atoms with E-state index in [2.05, 4.69) is 29.8 Å². The van der Waals surface area contributed by atoms with Crippen molar-refractivity contribution in [3.63, 3.8) is 0 Å². The molecular weight excluding hydrogens is 200 g/mol. The molecule has 0 N–H and O–H groups in total. The van der Waals surface area contributed by atoms with Gasteiger partial charge in [0.2, 0.25) is 0 Å². The second-order valence-corrected chi connectivity index (χ2v) is 5.40. The summed E-state index contributed by atoms with van der Waals surface area (Å²) in [7, 11) is 0. The fraction of sp³-hybridized carbons (Fsp3) is 1.00. The average Bonchev–Trinajstić information content (AvgIpc) is 1.85. The molecule has 0 aromatic rings. The molecule has 1 rings (SSSR count). The van der Waals surface area contributed by atoms with Crippen LogP contribution in [0.25, 0.3) is 0 Å². The van der Waals surface area contributed by atoms with Gasteiger partial charge in [-0.2, -0.15) is 0 Å². The molecule has 0 saturated heterocycles. The van der Waals surface area contributed by atoms with Gasteiger partial charge < -0.3 is 0 Å². The maximum atomic E-state index is 3.52. The summed E-state index contributed by atoms with van der Waals surface area (Å²) in [5, 5.41) is 1.19. The highest BCUT2D eigenvalue weighted by molar-refractivity contribution is 9.09. The van der Waals surface area contributed by atoms with Crippen molar-refractivity contribution >= 4 is 15.9 Å². The van der Waals surface area contributed by atoms with Gasteiger partial charge in [0, 0.05) is 5.33 Å². The van der Waals surface area contributed by atoms with Crippen molar-refractivity contribution in [1.29, 1.82) is 0 Å². The molecule has 1 aliphatic carbocycles. The third-order valence-corrected chi connectivity index (χ3v) is 3.28. The number of hydrogen-bond donors (Lipinski definition) is 0. The molecule has 0 aromatic heterocycles. The highest BCUT2D eigenvalue weighted by Gasteiger charge is 2.26. The molecule has 0 nitrogen and oxygen atoms in total. The maximum absolute atomic E-state index is 3.52. The Kier molecular flexibility index (Phi) is 3.42. The van der Waals surface area contributed by atoms with Gasteiger partial charge in [0.05, 0.1) is 0 Å². The Hall–Kier alpha value is 0.480. The van der Waals surface area contributed by atoms with E-state index in [1.165, 1.54) is 37.4 Å². The molecule has 0 aromatic carbocycles. The largest absolute Gasteiger partial charge is 0.0928 e. The SMILES string of the molecule is CC1(C)CCC[C@H](CCBr)C1. The van der Waals surface area contributed by atoms with Gasteiger partial charge in [0.15, 0.2) is 0 Å². The third-order valence-electron chi connectivity index (χ3n) is 2.82. The summed E-state index contributed by atoms with van der Waals surface area (Å²) in [5.74, 6) is 0.998. The number of alkyl halides is 1. The summed E-state index contributed by atoms with van der Waals surface area (Å²) in [6.07, 6.45) is 7.17. The molecule has 0 amide bonds. The van der Waals surface area contributed by atoms with Gasteiger partial charge in [-0.05, 0) is 30.6 Å². The second kappa shape index (κ2) is 3.93. The molecular formula is C10H19Br. The van der Waals surface area contributed by atoms with Crippen LogP contribution < -0.4 is 0 Å². The predicted octanol–water partition coefficient (Wildman–Crippen LogP) is 3.99. The average molecular weight is 219 g/mol. The van der Waals surface area contributed by atoms with Crippen molar-refractivity contribution in [2.75, 3.05) is 5.33 Å². The molecule has 0 aliphatic heterocycles. The Morgan fingerprint density at radius 3 is 2.73 bits per heavy atom. The predicted molar refractivity (Wildman–Crippen MR) is 54.2 cm³/mol. The zero-order chi connectivity index (χ0) is 8.32. The first-order valence-corrected chi connectivity index (χ1v) is 5.82. The lowest BCUT2D eigenvalue weighted by atomic mass is 9.71. The summed E-state index contributed by atoms with van der Waals surface area (Å²) in [4.78, 5) is 0. The Bertz CT molecular complexity index is 116. The first-order valence-electron chi connectivity index (χ1n) is 4.70. The van der Waals surface area contributed by atoms with E-state index >= 15 is 0 Å². The van der Waals surface area contributed by atoms with Gasteiger partial charge in [-0.3, -0.25) is 0 Å². The number of hydrogen-bond acceptors (Lipinski definition) is 0. The molecule has 1 atom stereocenters. The van der Waals surface area contributed by atoms with Crippen molar-refractivity contribution in [2.45, 2.75) is 46.0 Å². The molecule has 0 bridgehead atoms. The van der Waals surface area contributed by atoms with Crippen LogP contribution >= 0.6 is 15.9 Å². The van der Waals surface area contributed by atoms with Crippen molar-refractivity contribution in [3.05, 3.63) is 0 Å². The number of halogens is 1. The van der Waals surface area contributed by atoms with Gasteiger partial charge in [-0.1, -0.05) is 42.6 Å². The van der Waals surface area contributed by atoms with Crippen LogP contribution in [0.4, 0.5) is 0 Å². The van der Waals surface area contributed by atoms with E-state index in [-0.39, 0.29) is 0 Å². The zero-order valence-electron chi connectivity index (χ0n) is 7.70. The Labute approximate surface area is 78.9 Å². The lowest BCUT2D eigenvalue weighted by Gasteiger charge is -2.35. The Balaban J connectivity index is 2.34. The van der Waals surface area contributed by atoms with E-state index in [9.17, 15) is 0 Å². The minimum absolute atomic E-state index is 0.630. The highest BCUT2D eigenvalue weighted by Crippen LogP contribution is 2.39. The zero-order valence-corrected chi connectivity index (χ0v) is 9.28. The molecule has 11 heavy (non-hydrogen) atoms. The Morgan fingerprint density at radius 1 is 1.45 bits per heavy atom. The lowest BCUT2D eigenvalue weighted by molar-refractivity contribution is 0.178. The summed E-state index contributed by atoms with van der Waals surface area (Å²) < 4.78 is 0. The van der Waals surface area contributed by atoms with Crippen molar-refractivity contribution in [1.82, 2.24) is 0 Å². The van der Waals surface area contributed by atoms with Crippen LogP contribution in [0.3, 0.4) is 0 Å². The van der Waals surface area contributed by atoms with Gasteiger partial charge in [-0.25, -0.2) is 0 Å². The molecule has 1 fully saturated rings. The van der Waals surface area contributed by atoms with Crippen LogP contribution in [0, 0.1) is 11.3 Å². The summed E-state index contributed by atoms with van der Waals surface area (Å²) >= 11 is 3.52. The summed E-state index contributed by atoms with van der Waals surface area (Å²) in [6, 6.07) is 0. The van der Waals surface area contributed by atoms with Gasteiger partial charge in [-0.15, -0.1) is 0 Å². The lowest BCUT2D eigenvalue weighted by Crippen LogP contribution is -2.22. The minimum atomic E-state index is 0.630. The maximum Gasteiger partial charge on any atom is 0.00339 e. The topological polar surface area (TPSA) is 0 Å². The van der Waals surface area contributed by atoms with E-state index < -0.39 is 0 Å². The molecule has 1 saturated carbocycles. The minimum Gasteiger partial charge on any atom is -0.0928 e. The van der Waals surface area contributed by atoms with Crippen molar-refractivity contribution < 1.29 is 0 Å². The third kappa shape index (κ3) is 3.14. The highest BCUT2D eigenvalue weighted by atomic mass is 79.9. The molecule has 0 unspecified atom stereocenters.